The Bertz CT molecular complexity index is 964. The second kappa shape index (κ2) is 6.21. The molecule has 0 fully saturated rings. The summed E-state index contributed by atoms with van der Waals surface area (Å²) in [6.07, 6.45) is 3.83. The number of halogens is 2. The minimum Gasteiger partial charge on any atom is -0.274 e. The summed E-state index contributed by atoms with van der Waals surface area (Å²) in [6, 6.07) is 4.34. The summed E-state index contributed by atoms with van der Waals surface area (Å²) in [5, 5.41) is 8.02. The molecule has 0 aliphatic carbocycles. The lowest BCUT2D eigenvalue weighted by Gasteiger charge is -2.05. The Balaban J connectivity index is 1.79. The molecule has 1 N–H and O–H groups in total. The quantitative estimate of drug-likeness (QED) is 0.737. The Morgan fingerprint density at radius 3 is 2.83 bits per heavy atom. The first-order valence-corrected chi connectivity index (χ1v) is 8.55. The summed E-state index contributed by atoms with van der Waals surface area (Å²) in [7, 11) is -2.24. The molecule has 0 aliphatic heterocycles. The Morgan fingerprint density at radius 1 is 1.38 bits per heavy atom. The lowest BCUT2D eigenvalue weighted by molar-refractivity contribution is 0.584. The van der Waals surface area contributed by atoms with E-state index in [-0.39, 0.29) is 28.0 Å². The van der Waals surface area contributed by atoms with Crippen LogP contribution < -0.4 is 4.72 Å². The zero-order valence-electron chi connectivity index (χ0n) is 12.4. The molecule has 24 heavy (non-hydrogen) atoms. The standard InChI is InChI=1S/C13H12ClFN6O2S/c1-20-6-9(5-17-20)24(22,23)19-13-16-8-21(18-13)7-10-11(14)3-2-4-12(10)15/h2-6,8H,7H2,1H3,(H,18,19). The largest absolute Gasteiger partial charge is 0.274 e. The third kappa shape index (κ3) is 3.39. The highest BCUT2D eigenvalue weighted by molar-refractivity contribution is 7.92. The van der Waals surface area contributed by atoms with Crippen LogP contribution in [0.1, 0.15) is 5.56 Å². The number of benzene rings is 1. The van der Waals surface area contributed by atoms with Crippen LogP contribution in [-0.4, -0.2) is 33.0 Å². The SMILES string of the molecule is Cn1cc(S(=O)(=O)Nc2ncn(Cc3c(F)cccc3Cl)n2)cn1. The Labute approximate surface area is 141 Å². The van der Waals surface area contributed by atoms with Crippen molar-refractivity contribution in [1.29, 1.82) is 0 Å². The second-order valence-electron chi connectivity index (χ2n) is 4.92. The molecule has 0 amide bonds. The number of nitrogens with zero attached hydrogens (tertiary/aromatic N) is 5. The van der Waals surface area contributed by atoms with E-state index >= 15 is 0 Å². The van der Waals surface area contributed by atoms with E-state index in [4.69, 9.17) is 11.6 Å². The van der Waals surface area contributed by atoms with Crippen molar-refractivity contribution in [1.82, 2.24) is 24.5 Å². The number of sulfonamides is 1. The topological polar surface area (TPSA) is 94.7 Å². The molecule has 126 valence electrons. The Morgan fingerprint density at radius 2 is 2.17 bits per heavy atom. The summed E-state index contributed by atoms with van der Waals surface area (Å²) >= 11 is 5.95. The normalized spacial score (nSPS) is 11.6. The number of nitrogens with one attached hydrogen (secondary N) is 1. The summed E-state index contributed by atoms with van der Waals surface area (Å²) in [5.74, 6) is -0.609. The monoisotopic (exact) mass is 370 g/mol. The summed E-state index contributed by atoms with van der Waals surface area (Å²) < 4.78 is 43.0. The molecule has 2 heterocycles. The zero-order chi connectivity index (χ0) is 17.3. The fourth-order valence-corrected chi connectivity index (χ4v) is 3.13. The van der Waals surface area contributed by atoms with Gasteiger partial charge in [0.2, 0.25) is 0 Å². The van der Waals surface area contributed by atoms with Crippen LogP contribution in [0.2, 0.25) is 5.02 Å². The average molecular weight is 371 g/mol. The molecule has 0 saturated carbocycles. The molecule has 0 saturated heterocycles. The van der Waals surface area contributed by atoms with Gasteiger partial charge in [0.1, 0.15) is 17.0 Å². The first kappa shape index (κ1) is 16.4. The van der Waals surface area contributed by atoms with Gasteiger partial charge in [0.05, 0.1) is 12.7 Å². The van der Waals surface area contributed by atoms with E-state index < -0.39 is 15.8 Å². The van der Waals surface area contributed by atoms with Crippen molar-refractivity contribution in [2.75, 3.05) is 4.72 Å². The van der Waals surface area contributed by atoms with Gasteiger partial charge in [-0.1, -0.05) is 17.7 Å². The van der Waals surface area contributed by atoms with Crippen molar-refractivity contribution in [3.05, 3.63) is 53.3 Å². The summed E-state index contributed by atoms with van der Waals surface area (Å²) in [5.41, 5.74) is 0.241. The van der Waals surface area contributed by atoms with Gasteiger partial charge in [-0.25, -0.2) is 22.2 Å². The van der Waals surface area contributed by atoms with Crippen LogP contribution in [-0.2, 0) is 23.6 Å². The van der Waals surface area contributed by atoms with E-state index in [2.05, 4.69) is 19.9 Å². The predicted octanol–water partition coefficient (Wildman–Crippen LogP) is 1.65. The highest BCUT2D eigenvalue weighted by Crippen LogP contribution is 2.20. The van der Waals surface area contributed by atoms with Crippen molar-refractivity contribution in [2.45, 2.75) is 11.4 Å². The zero-order valence-corrected chi connectivity index (χ0v) is 14.0. The van der Waals surface area contributed by atoms with Crippen molar-refractivity contribution >= 4 is 27.6 Å². The van der Waals surface area contributed by atoms with Crippen LogP contribution in [0.5, 0.6) is 0 Å². The molecular formula is C13H12ClFN6O2S. The van der Waals surface area contributed by atoms with Crippen LogP contribution in [0.25, 0.3) is 0 Å². The smallest absolute Gasteiger partial charge is 0.267 e. The second-order valence-corrected chi connectivity index (χ2v) is 7.01. The van der Waals surface area contributed by atoms with E-state index in [1.165, 1.54) is 40.2 Å². The van der Waals surface area contributed by atoms with E-state index in [1.807, 2.05) is 0 Å². The molecule has 1 aromatic carbocycles. The molecule has 0 aliphatic rings. The molecule has 0 atom stereocenters. The fraction of sp³-hybridized carbons (Fsp3) is 0.154. The van der Waals surface area contributed by atoms with Crippen LogP contribution >= 0.6 is 11.6 Å². The number of aryl methyl sites for hydroxylation is 1. The van der Waals surface area contributed by atoms with Gasteiger partial charge < -0.3 is 0 Å². The molecule has 0 spiro atoms. The molecule has 2 aromatic heterocycles. The lowest BCUT2D eigenvalue weighted by atomic mass is 10.2. The van der Waals surface area contributed by atoms with Gasteiger partial charge in [0, 0.05) is 23.8 Å². The average Bonchev–Trinajstić information content (AvgIpc) is 3.12. The number of anilines is 1. The van der Waals surface area contributed by atoms with Crippen LogP contribution in [0.15, 0.2) is 41.8 Å². The first-order chi connectivity index (χ1) is 11.3. The maximum absolute atomic E-state index is 13.8. The van der Waals surface area contributed by atoms with Crippen LogP contribution in [0.4, 0.5) is 10.3 Å². The maximum atomic E-state index is 13.8. The highest BCUT2D eigenvalue weighted by atomic mass is 35.5. The minimum absolute atomic E-state index is 0.0153. The van der Waals surface area contributed by atoms with Gasteiger partial charge in [0.25, 0.3) is 16.0 Å². The van der Waals surface area contributed by atoms with E-state index in [0.717, 1.165) is 0 Å². The van der Waals surface area contributed by atoms with Crippen molar-refractivity contribution in [3.63, 3.8) is 0 Å². The van der Waals surface area contributed by atoms with Crippen molar-refractivity contribution in [3.8, 4) is 0 Å². The van der Waals surface area contributed by atoms with Gasteiger partial charge in [0.15, 0.2) is 0 Å². The van der Waals surface area contributed by atoms with Crippen LogP contribution in [0.3, 0.4) is 0 Å². The molecule has 11 heteroatoms. The third-order valence-corrected chi connectivity index (χ3v) is 4.77. The van der Waals surface area contributed by atoms with E-state index in [1.54, 1.807) is 13.1 Å². The molecule has 3 rings (SSSR count). The molecule has 0 radical (unpaired) electrons. The number of hydrogen-bond acceptors (Lipinski definition) is 5. The predicted molar refractivity (Wildman–Crippen MR) is 84.6 cm³/mol. The van der Waals surface area contributed by atoms with Gasteiger partial charge >= 0.3 is 0 Å². The number of rotatable bonds is 5. The van der Waals surface area contributed by atoms with Gasteiger partial charge in [-0.05, 0) is 12.1 Å². The maximum Gasteiger partial charge on any atom is 0.267 e. The Hall–Kier alpha value is -2.46. The fourth-order valence-electron chi connectivity index (χ4n) is 1.98. The Kier molecular flexibility index (Phi) is 4.24. The van der Waals surface area contributed by atoms with Gasteiger partial charge in [-0.2, -0.15) is 10.1 Å². The summed E-state index contributed by atoms with van der Waals surface area (Å²) in [6.45, 7) is 0.0210. The van der Waals surface area contributed by atoms with Gasteiger partial charge in [-0.15, -0.1) is 5.10 Å². The first-order valence-electron chi connectivity index (χ1n) is 6.69. The van der Waals surface area contributed by atoms with Crippen molar-refractivity contribution < 1.29 is 12.8 Å². The molecular weight excluding hydrogens is 359 g/mol. The molecule has 0 bridgehead atoms. The van der Waals surface area contributed by atoms with Gasteiger partial charge in [-0.3, -0.25) is 4.68 Å². The number of aromatic nitrogens is 5. The lowest BCUT2D eigenvalue weighted by Crippen LogP contribution is -2.14. The summed E-state index contributed by atoms with van der Waals surface area (Å²) in [4.78, 5) is 3.84. The highest BCUT2D eigenvalue weighted by Gasteiger charge is 2.18. The molecule has 8 nitrogen and oxygen atoms in total. The van der Waals surface area contributed by atoms with Crippen molar-refractivity contribution in [2.24, 2.45) is 7.05 Å². The van der Waals surface area contributed by atoms with E-state index in [9.17, 15) is 12.8 Å². The van der Waals surface area contributed by atoms with E-state index in [0.29, 0.717) is 0 Å². The number of hydrogen-bond donors (Lipinski definition) is 1. The molecule has 3 aromatic rings. The minimum atomic E-state index is -3.84. The third-order valence-electron chi connectivity index (χ3n) is 3.14. The van der Waals surface area contributed by atoms with Crippen LogP contribution in [0, 0.1) is 5.82 Å². The molecule has 0 unspecified atom stereocenters.